The summed E-state index contributed by atoms with van der Waals surface area (Å²) in [7, 11) is 0. The number of guanidine groups is 1. The molecule has 2 aromatic rings. The van der Waals surface area contributed by atoms with Crippen LogP contribution in [0.1, 0.15) is 39.3 Å². The van der Waals surface area contributed by atoms with Crippen molar-refractivity contribution in [2.75, 3.05) is 32.9 Å². The van der Waals surface area contributed by atoms with Crippen LogP contribution in [0.2, 0.25) is 0 Å². The Bertz CT molecular complexity index is 753. The van der Waals surface area contributed by atoms with Crippen LogP contribution in [-0.2, 0) is 0 Å². The predicted octanol–water partition coefficient (Wildman–Crippen LogP) is 3.57. The second kappa shape index (κ2) is 12.5. The number of ether oxygens (including phenoxy) is 3. The van der Waals surface area contributed by atoms with Gasteiger partial charge >= 0.3 is 0 Å². The molecule has 0 amide bonds. The molecular weight excluding hydrogens is 368 g/mol. The number of hydrogen-bond acceptors (Lipinski definition) is 5. The average Bonchev–Trinajstić information content (AvgIpc) is 2.73. The van der Waals surface area contributed by atoms with Crippen molar-refractivity contribution in [3.8, 4) is 17.2 Å². The van der Waals surface area contributed by atoms with Gasteiger partial charge in [-0.3, -0.25) is 4.98 Å². The first kappa shape index (κ1) is 22.3. The molecule has 0 aliphatic carbocycles. The van der Waals surface area contributed by atoms with Crippen molar-refractivity contribution in [1.29, 1.82) is 0 Å². The Hall–Kier alpha value is -2.96. The first-order valence-corrected chi connectivity index (χ1v) is 10.1. The number of nitrogens with zero attached hydrogens (tertiary/aromatic N) is 2. The highest BCUT2D eigenvalue weighted by molar-refractivity contribution is 5.80. The van der Waals surface area contributed by atoms with E-state index in [9.17, 15) is 0 Å². The molecule has 2 rings (SSSR count). The summed E-state index contributed by atoms with van der Waals surface area (Å²) in [5.41, 5.74) is 1.09. The van der Waals surface area contributed by atoms with Crippen LogP contribution in [0.25, 0.3) is 0 Å². The van der Waals surface area contributed by atoms with Crippen molar-refractivity contribution in [1.82, 2.24) is 15.6 Å². The number of pyridine rings is 1. The number of benzene rings is 1. The molecule has 0 aliphatic rings. The molecule has 1 aromatic carbocycles. The van der Waals surface area contributed by atoms with Gasteiger partial charge in [0.15, 0.2) is 17.5 Å². The Morgan fingerprint density at radius 1 is 1.07 bits per heavy atom. The maximum atomic E-state index is 5.73. The maximum absolute atomic E-state index is 5.73. The normalized spacial score (nSPS) is 12.2. The minimum Gasteiger partial charge on any atom is -0.490 e. The number of rotatable bonds is 11. The van der Waals surface area contributed by atoms with Gasteiger partial charge in [-0.1, -0.05) is 6.07 Å². The maximum Gasteiger partial charge on any atom is 0.191 e. The lowest BCUT2D eigenvalue weighted by molar-refractivity contribution is 0.287. The lowest BCUT2D eigenvalue weighted by Crippen LogP contribution is -2.39. The summed E-state index contributed by atoms with van der Waals surface area (Å²) < 4.78 is 17.0. The molecule has 0 saturated carbocycles. The topological polar surface area (TPSA) is 77.0 Å². The van der Waals surface area contributed by atoms with E-state index in [0.29, 0.717) is 26.4 Å². The summed E-state index contributed by atoms with van der Waals surface area (Å²) in [5, 5.41) is 6.70. The van der Waals surface area contributed by atoms with Gasteiger partial charge in [-0.2, -0.15) is 0 Å². The minimum absolute atomic E-state index is 0.0434. The van der Waals surface area contributed by atoms with Gasteiger partial charge in [-0.05, 0) is 57.5 Å². The van der Waals surface area contributed by atoms with Crippen LogP contribution in [0, 0.1) is 0 Å². The molecule has 1 unspecified atom stereocenters. The zero-order chi connectivity index (χ0) is 20.9. The van der Waals surface area contributed by atoms with Crippen molar-refractivity contribution in [2.24, 2.45) is 4.99 Å². The van der Waals surface area contributed by atoms with Gasteiger partial charge in [0.25, 0.3) is 0 Å². The highest BCUT2D eigenvalue weighted by atomic mass is 16.5. The summed E-state index contributed by atoms with van der Waals surface area (Å²) in [6.45, 7) is 11.0. The van der Waals surface area contributed by atoms with Crippen LogP contribution in [0.4, 0.5) is 0 Å². The minimum atomic E-state index is 0.0434. The smallest absolute Gasteiger partial charge is 0.191 e. The van der Waals surface area contributed by atoms with Crippen molar-refractivity contribution in [3.63, 3.8) is 0 Å². The Labute approximate surface area is 173 Å². The molecule has 7 heteroatoms. The summed E-state index contributed by atoms with van der Waals surface area (Å²) in [6, 6.07) is 9.78. The Balaban J connectivity index is 1.98. The molecule has 7 nitrogen and oxygen atoms in total. The molecule has 0 spiro atoms. The van der Waals surface area contributed by atoms with Gasteiger partial charge in [0, 0.05) is 12.7 Å². The lowest BCUT2D eigenvalue weighted by atomic mass is 10.1. The van der Waals surface area contributed by atoms with E-state index in [-0.39, 0.29) is 6.04 Å². The molecule has 1 aromatic heterocycles. The van der Waals surface area contributed by atoms with Crippen molar-refractivity contribution in [2.45, 2.75) is 33.7 Å². The number of aromatic nitrogens is 1. The van der Waals surface area contributed by atoms with Gasteiger partial charge in [-0.15, -0.1) is 0 Å². The zero-order valence-electron chi connectivity index (χ0n) is 17.8. The average molecular weight is 401 g/mol. The summed E-state index contributed by atoms with van der Waals surface area (Å²) in [6.07, 6.45) is 3.41. The molecule has 0 aliphatic heterocycles. The van der Waals surface area contributed by atoms with Gasteiger partial charge in [0.05, 0.1) is 32.0 Å². The molecule has 0 saturated heterocycles. The van der Waals surface area contributed by atoms with Crippen LogP contribution in [0.15, 0.2) is 47.7 Å². The van der Waals surface area contributed by atoms with Crippen LogP contribution in [0.5, 0.6) is 17.2 Å². The molecule has 158 valence electrons. The lowest BCUT2D eigenvalue weighted by Gasteiger charge is -2.20. The van der Waals surface area contributed by atoms with Gasteiger partial charge in [-0.25, -0.2) is 4.99 Å². The van der Waals surface area contributed by atoms with Gasteiger partial charge in [0.1, 0.15) is 12.4 Å². The third kappa shape index (κ3) is 7.52. The SMILES string of the molecule is CCNC(=NCCOc1cccnc1)NC(C)c1ccc(OCC)c(OCC)c1. The van der Waals surface area contributed by atoms with E-state index in [4.69, 9.17) is 14.2 Å². The van der Waals surface area contributed by atoms with Crippen LogP contribution in [0.3, 0.4) is 0 Å². The number of hydrogen-bond donors (Lipinski definition) is 2. The molecule has 0 bridgehead atoms. The Morgan fingerprint density at radius 3 is 2.55 bits per heavy atom. The summed E-state index contributed by atoms with van der Waals surface area (Å²) in [5.74, 6) is 3.00. The zero-order valence-corrected chi connectivity index (χ0v) is 17.8. The highest BCUT2D eigenvalue weighted by Gasteiger charge is 2.12. The molecule has 0 radical (unpaired) electrons. The molecule has 1 heterocycles. The third-order valence-electron chi connectivity index (χ3n) is 4.03. The van der Waals surface area contributed by atoms with Crippen molar-refractivity contribution < 1.29 is 14.2 Å². The Morgan fingerprint density at radius 2 is 1.86 bits per heavy atom. The first-order valence-electron chi connectivity index (χ1n) is 10.1. The second-order valence-electron chi connectivity index (χ2n) is 6.24. The number of aliphatic imine (C=N–C) groups is 1. The fraction of sp³-hybridized carbons (Fsp3) is 0.455. The third-order valence-corrected chi connectivity index (χ3v) is 4.03. The van der Waals surface area contributed by atoms with E-state index in [0.717, 1.165) is 35.3 Å². The van der Waals surface area contributed by atoms with E-state index >= 15 is 0 Å². The van der Waals surface area contributed by atoms with Gasteiger partial charge < -0.3 is 24.8 Å². The molecule has 0 fully saturated rings. The quantitative estimate of drug-likeness (QED) is 0.341. The van der Waals surface area contributed by atoms with E-state index in [1.165, 1.54) is 0 Å². The van der Waals surface area contributed by atoms with Crippen LogP contribution < -0.4 is 24.8 Å². The number of nitrogens with one attached hydrogen (secondary N) is 2. The monoisotopic (exact) mass is 400 g/mol. The van der Waals surface area contributed by atoms with E-state index in [1.54, 1.807) is 12.4 Å². The van der Waals surface area contributed by atoms with Crippen molar-refractivity contribution in [3.05, 3.63) is 48.3 Å². The van der Waals surface area contributed by atoms with Crippen molar-refractivity contribution >= 4 is 5.96 Å². The molecule has 2 N–H and O–H groups in total. The van der Waals surface area contributed by atoms with Gasteiger partial charge in [0.2, 0.25) is 0 Å². The Kier molecular flexibility index (Phi) is 9.62. The van der Waals surface area contributed by atoms with Crippen LogP contribution >= 0.6 is 0 Å². The highest BCUT2D eigenvalue weighted by Crippen LogP contribution is 2.30. The van der Waals surface area contributed by atoms with E-state index < -0.39 is 0 Å². The standard InChI is InChI=1S/C22H32N4O3/c1-5-24-22(25-13-14-29-19-9-8-12-23-16-19)26-17(4)18-10-11-20(27-6-2)21(15-18)28-7-3/h8-12,15-17H,5-7,13-14H2,1-4H3,(H2,24,25,26). The largest absolute Gasteiger partial charge is 0.490 e. The second-order valence-corrected chi connectivity index (χ2v) is 6.24. The fourth-order valence-corrected chi connectivity index (χ4v) is 2.70. The summed E-state index contributed by atoms with van der Waals surface area (Å²) >= 11 is 0. The first-order chi connectivity index (χ1) is 14.2. The molecule has 29 heavy (non-hydrogen) atoms. The molecule has 1 atom stereocenters. The van der Waals surface area contributed by atoms with Crippen LogP contribution in [-0.4, -0.2) is 43.9 Å². The summed E-state index contributed by atoms with van der Waals surface area (Å²) in [4.78, 5) is 8.63. The fourth-order valence-electron chi connectivity index (χ4n) is 2.70. The van der Waals surface area contributed by atoms with E-state index in [2.05, 4.69) is 27.5 Å². The molecular formula is C22H32N4O3. The predicted molar refractivity (Wildman–Crippen MR) is 116 cm³/mol. The van der Waals surface area contributed by atoms with E-state index in [1.807, 2.05) is 51.1 Å².